The number of nitrogens with zero attached hydrogens (tertiary/aromatic N) is 2. The molecule has 1 atom stereocenters. The molecule has 4 nitrogen and oxygen atoms in total. The second kappa shape index (κ2) is 6.80. The molecule has 0 fully saturated rings. The highest BCUT2D eigenvalue weighted by Crippen LogP contribution is 2.37. The highest BCUT2D eigenvalue weighted by atomic mass is 19.1. The summed E-state index contributed by atoms with van der Waals surface area (Å²) in [6.45, 7) is 0. The van der Waals surface area contributed by atoms with E-state index in [-0.39, 0.29) is 11.6 Å². The van der Waals surface area contributed by atoms with E-state index in [1.54, 1.807) is 54.9 Å². The Morgan fingerprint density at radius 3 is 2.46 bits per heavy atom. The summed E-state index contributed by atoms with van der Waals surface area (Å²) in [6.07, 6.45) is 3.35. The monoisotopic (exact) mass is 345 g/mol. The molecule has 0 unspecified atom stereocenters. The number of nitrogens with one attached hydrogen (secondary N) is 1. The Bertz CT molecular complexity index is 1050. The molecule has 0 spiro atoms. The lowest BCUT2D eigenvalue weighted by Gasteiger charge is -2.23. The molecule has 128 valence electrons. The summed E-state index contributed by atoms with van der Waals surface area (Å²) in [7, 11) is 0. The molecule has 0 radical (unpaired) electrons. The third-order valence-corrected chi connectivity index (χ3v) is 4.27. The lowest BCUT2D eigenvalue weighted by atomic mass is 9.93. The number of benzene rings is 2. The van der Waals surface area contributed by atoms with E-state index in [0.717, 1.165) is 10.9 Å². The van der Waals surface area contributed by atoms with Gasteiger partial charge >= 0.3 is 0 Å². The van der Waals surface area contributed by atoms with Crippen LogP contribution in [0.15, 0.2) is 79.1 Å². The van der Waals surface area contributed by atoms with Gasteiger partial charge in [-0.05, 0) is 36.4 Å². The minimum absolute atomic E-state index is 0.0715. The van der Waals surface area contributed by atoms with Crippen LogP contribution in [0.5, 0.6) is 5.75 Å². The van der Waals surface area contributed by atoms with Gasteiger partial charge in [0.2, 0.25) is 0 Å². The predicted molar refractivity (Wildman–Crippen MR) is 99.5 cm³/mol. The van der Waals surface area contributed by atoms with E-state index in [4.69, 9.17) is 0 Å². The van der Waals surface area contributed by atoms with Gasteiger partial charge in [0, 0.05) is 28.9 Å². The Hall–Kier alpha value is -3.47. The van der Waals surface area contributed by atoms with Crippen molar-refractivity contribution in [1.29, 1.82) is 0 Å². The summed E-state index contributed by atoms with van der Waals surface area (Å²) >= 11 is 0. The number of aromatic nitrogens is 2. The van der Waals surface area contributed by atoms with Crippen LogP contribution >= 0.6 is 0 Å². The van der Waals surface area contributed by atoms with Gasteiger partial charge in [0.05, 0.1) is 11.6 Å². The first-order valence-corrected chi connectivity index (χ1v) is 8.22. The van der Waals surface area contributed by atoms with Crippen molar-refractivity contribution in [3.05, 3.63) is 96.1 Å². The van der Waals surface area contributed by atoms with Gasteiger partial charge in [0.25, 0.3) is 0 Å². The Kier molecular flexibility index (Phi) is 4.19. The maximum atomic E-state index is 14.6. The average molecular weight is 345 g/mol. The zero-order chi connectivity index (χ0) is 17.9. The molecule has 0 saturated heterocycles. The Labute approximate surface area is 150 Å². The third kappa shape index (κ3) is 2.95. The first kappa shape index (κ1) is 16.0. The molecule has 0 aliphatic heterocycles. The molecule has 26 heavy (non-hydrogen) atoms. The largest absolute Gasteiger partial charge is 0.508 e. The van der Waals surface area contributed by atoms with Crippen molar-refractivity contribution in [2.45, 2.75) is 6.04 Å². The van der Waals surface area contributed by atoms with Crippen molar-refractivity contribution in [3.8, 4) is 5.75 Å². The molecule has 2 heterocycles. The number of fused-ring (bicyclic) bond motifs is 1. The molecule has 4 rings (SSSR count). The van der Waals surface area contributed by atoms with Crippen LogP contribution in [-0.4, -0.2) is 15.1 Å². The number of halogens is 1. The third-order valence-electron chi connectivity index (χ3n) is 4.27. The topological polar surface area (TPSA) is 58.0 Å². The van der Waals surface area contributed by atoms with E-state index < -0.39 is 6.04 Å². The van der Waals surface area contributed by atoms with Gasteiger partial charge in [0.1, 0.15) is 17.4 Å². The van der Waals surface area contributed by atoms with Crippen molar-refractivity contribution in [1.82, 2.24) is 9.97 Å². The SMILES string of the molecule is Oc1ccc2ncccc2c1[C@@H](Nc1ccccn1)c1ccccc1F. The number of anilines is 1. The van der Waals surface area contributed by atoms with E-state index in [2.05, 4.69) is 15.3 Å². The highest BCUT2D eigenvalue weighted by molar-refractivity contribution is 5.86. The smallest absolute Gasteiger partial charge is 0.128 e. The van der Waals surface area contributed by atoms with Gasteiger partial charge in [0.15, 0.2) is 0 Å². The summed E-state index contributed by atoms with van der Waals surface area (Å²) < 4.78 is 14.6. The van der Waals surface area contributed by atoms with Gasteiger partial charge in [-0.1, -0.05) is 30.3 Å². The fourth-order valence-electron chi connectivity index (χ4n) is 3.08. The quantitative estimate of drug-likeness (QED) is 0.564. The van der Waals surface area contributed by atoms with Gasteiger partial charge in [-0.2, -0.15) is 0 Å². The molecule has 0 aliphatic carbocycles. The molecule has 4 aromatic rings. The van der Waals surface area contributed by atoms with Crippen LogP contribution in [0.3, 0.4) is 0 Å². The molecule has 2 N–H and O–H groups in total. The van der Waals surface area contributed by atoms with Crippen LogP contribution in [0.25, 0.3) is 10.9 Å². The van der Waals surface area contributed by atoms with Crippen LogP contribution in [0.1, 0.15) is 17.2 Å². The molecule has 2 aromatic heterocycles. The number of phenols is 1. The minimum atomic E-state index is -0.626. The van der Waals surface area contributed by atoms with Crippen molar-refractivity contribution >= 4 is 16.7 Å². The maximum Gasteiger partial charge on any atom is 0.128 e. The lowest BCUT2D eigenvalue weighted by Crippen LogP contribution is -2.15. The van der Waals surface area contributed by atoms with E-state index in [1.807, 2.05) is 18.2 Å². The van der Waals surface area contributed by atoms with Crippen LogP contribution in [-0.2, 0) is 0 Å². The highest BCUT2D eigenvalue weighted by Gasteiger charge is 2.23. The number of aromatic hydroxyl groups is 1. The summed E-state index contributed by atoms with van der Waals surface area (Å²) in [6, 6.07) is 18.3. The van der Waals surface area contributed by atoms with Crippen molar-refractivity contribution in [3.63, 3.8) is 0 Å². The standard InChI is InChI=1S/C21H16FN3O/c22-16-8-2-1-6-14(16)21(25-19-9-3-4-12-24-19)20-15-7-5-13-23-17(15)10-11-18(20)26/h1-13,21,26H,(H,24,25)/t21-/m0/s1. The van der Waals surface area contributed by atoms with E-state index in [1.165, 1.54) is 6.07 Å². The van der Waals surface area contributed by atoms with E-state index in [0.29, 0.717) is 16.9 Å². The average Bonchev–Trinajstić information content (AvgIpc) is 2.68. The predicted octanol–water partition coefficient (Wildman–Crippen LogP) is 4.68. The number of rotatable bonds is 4. The van der Waals surface area contributed by atoms with Gasteiger partial charge in [-0.15, -0.1) is 0 Å². The molecule has 0 aliphatic rings. The normalized spacial score (nSPS) is 12.0. The Balaban J connectivity index is 1.94. The lowest BCUT2D eigenvalue weighted by molar-refractivity contribution is 0.467. The van der Waals surface area contributed by atoms with Crippen LogP contribution < -0.4 is 5.32 Å². The van der Waals surface area contributed by atoms with Crippen LogP contribution in [0.4, 0.5) is 10.2 Å². The second-order valence-electron chi connectivity index (χ2n) is 5.88. The first-order valence-electron chi connectivity index (χ1n) is 8.22. The molecular formula is C21H16FN3O. The molecule has 5 heteroatoms. The van der Waals surface area contributed by atoms with Crippen LogP contribution in [0.2, 0.25) is 0 Å². The van der Waals surface area contributed by atoms with Crippen molar-refractivity contribution in [2.24, 2.45) is 0 Å². The molecule has 0 bridgehead atoms. The molecular weight excluding hydrogens is 329 g/mol. The molecule has 0 saturated carbocycles. The Morgan fingerprint density at radius 1 is 0.846 bits per heavy atom. The summed E-state index contributed by atoms with van der Waals surface area (Å²) in [5.74, 6) is 0.296. The number of pyridine rings is 2. The van der Waals surface area contributed by atoms with Crippen LogP contribution in [0, 0.1) is 5.82 Å². The minimum Gasteiger partial charge on any atom is -0.508 e. The maximum absolute atomic E-state index is 14.6. The van der Waals surface area contributed by atoms with Crippen molar-refractivity contribution < 1.29 is 9.50 Å². The summed E-state index contributed by atoms with van der Waals surface area (Å²) in [5.41, 5.74) is 1.71. The van der Waals surface area contributed by atoms with Gasteiger partial charge < -0.3 is 10.4 Å². The Morgan fingerprint density at radius 2 is 1.65 bits per heavy atom. The van der Waals surface area contributed by atoms with E-state index in [9.17, 15) is 9.50 Å². The number of hydrogen-bond donors (Lipinski definition) is 2. The second-order valence-corrected chi connectivity index (χ2v) is 5.88. The summed E-state index contributed by atoms with van der Waals surface area (Å²) in [5, 5.41) is 14.6. The number of phenolic OH excluding ortho intramolecular Hbond substituents is 1. The zero-order valence-corrected chi connectivity index (χ0v) is 13.8. The zero-order valence-electron chi connectivity index (χ0n) is 13.8. The summed E-state index contributed by atoms with van der Waals surface area (Å²) in [4.78, 5) is 8.62. The van der Waals surface area contributed by atoms with Crippen molar-refractivity contribution in [2.75, 3.05) is 5.32 Å². The first-order chi connectivity index (χ1) is 12.7. The van der Waals surface area contributed by atoms with E-state index >= 15 is 0 Å². The molecule has 2 aromatic carbocycles. The fraction of sp³-hybridized carbons (Fsp3) is 0.0476. The van der Waals surface area contributed by atoms with Gasteiger partial charge in [-0.25, -0.2) is 9.37 Å². The fourth-order valence-corrected chi connectivity index (χ4v) is 3.08. The number of hydrogen-bond acceptors (Lipinski definition) is 4. The van der Waals surface area contributed by atoms with Gasteiger partial charge in [-0.3, -0.25) is 4.98 Å². The molecule has 0 amide bonds.